The number of ether oxygens (including phenoxy) is 2. The summed E-state index contributed by atoms with van der Waals surface area (Å²) < 4.78 is 11.9. The maximum absolute atomic E-state index is 13.8. The van der Waals surface area contributed by atoms with Crippen molar-refractivity contribution < 1.29 is 23.9 Å². The summed E-state index contributed by atoms with van der Waals surface area (Å²) >= 11 is 0. The molecule has 2 aliphatic rings. The molecule has 5 rings (SSSR count). The van der Waals surface area contributed by atoms with E-state index < -0.39 is 18.1 Å². The van der Waals surface area contributed by atoms with Gasteiger partial charge in [0, 0.05) is 0 Å². The number of para-hydroxylation sites is 1. The highest BCUT2D eigenvalue weighted by Gasteiger charge is 2.60. The molecular weight excluding hydrogens is 468 g/mol. The zero-order chi connectivity index (χ0) is 25.9. The van der Waals surface area contributed by atoms with Crippen LogP contribution < -0.4 is 19.4 Å². The smallest absolute Gasteiger partial charge is 0.266 e. The van der Waals surface area contributed by atoms with E-state index in [4.69, 9.17) is 14.3 Å². The van der Waals surface area contributed by atoms with Crippen LogP contribution in [0.15, 0.2) is 72.8 Å². The molecule has 2 aliphatic heterocycles. The average molecular weight is 501 g/mol. The first kappa shape index (κ1) is 24.8. The number of carbonyl (C=O) groups excluding carboxylic acids is 2. The van der Waals surface area contributed by atoms with Gasteiger partial charge in [-0.3, -0.25) is 14.4 Å². The molecule has 0 aromatic heterocycles. The number of hydroxylamine groups is 1. The summed E-state index contributed by atoms with van der Waals surface area (Å²) in [6, 6.07) is 22.1. The number of amides is 2. The number of anilines is 2. The molecule has 0 radical (unpaired) electrons. The van der Waals surface area contributed by atoms with Crippen LogP contribution in [0.5, 0.6) is 11.5 Å². The number of nitrogens with zero attached hydrogens (tertiary/aromatic N) is 2. The molecule has 3 atom stereocenters. The lowest BCUT2D eigenvalue weighted by Crippen LogP contribution is -2.37. The number of aryl methyl sites for hydroxylation is 1. The second-order valence-corrected chi connectivity index (χ2v) is 9.35. The number of rotatable bonds is 9. The van der Waals surface area contributed by atoms with E-state index in [0.717, 1.165) is 29.7 Å². The van der Waals surface area contributed by atoms with Gasteiger partial charge in [0.05, 0.1) is 30.6 Å². The van der Waals surface area contributed by atoms with E-state index in [0.29, 0.717) is 30.4 Å². The Kier molecular flexibility index (Phi) is 7.15. The standard InChI is InChI=1S/C30H32N2O5/c1-4-6-18-36-24-17-14-21(19-25(24)35-5-2)27-26-28(37-32(27)23-10-8-7-9-11-23)30(34)31(29(26)33)22-15-12-20(3)13-16-22/h7-17,19,26-28H,4-6,18H2,1-3H3/t26-,27+,28-/m0/s1. The van der Waals surface area contributed by atoms with E-state index in [1.54, 1.807) is 17.2 Å². The number of imide groups is 1. The highest BCUT2D eigenvalue weighted by atomic mass is 16.7. The predicted octanol–water partition coefficient (Wildman–Crippen LogP) is 5.62. The SMILES string of the molecule is CCCCOc1ccc([C@@H]2[C@@H]3C(=O)N(c4ccc(C)cc4)C(=O)[C@H]3ON2c2ccccc2)cc1OCC. The van der Waals surface area contributed by atoms with Gasteiger partial charge in [-0.1, -0.05) is 55.3 Å². The third-order valence-electron chi connectivity index (χ3n) is 6.78. The van der Waals surface area contributed by atoms with Crippen LogP contribution in [-0.4, -0.2) is 31.1 Å². The largest absolute Gasteiger partial charge is 0.490 e. The molecule has 3 aromatic rings. The van der Waals surface area contributed by atoms with E-state index in [-0.39, 0.29) is 11.8 Å². The molecule has 0 bridgehead atoms. The molecule has 2 heterocycles. The molecule has 2 saturated heterocycles. The quantitative estimate of drug-likeness (QED) is 0.280. The van der Waals surface area contributed by atoms with Crippen molar-refractivity contribution in [2.24, 2.45) is 5.92 Å². The number of carbonyl (C=O) groups is 2. The molecule has 0 saturated carbocycles. The molecule has 0 unspecified atom stereocenters. The van der Waals surface area contributed by atoms with Gasteiger partial charge in [-0.15, -0.1) is 0 Å². The zero-order valence-electron chi connectivity index (χ0n) is 21.4. The highest BCUT2D eigenvalue weighted by molar-refractivity contribution is 6.23. The fourth-order valence-corrected chi connectivity index (χ4v) is 4.92. The molecule has 192 valence electrons. The fraction of sp³-hybridized carbons (Fsp3) is 0.333. The Morgan fingerprint density at radius 2 is 1.59 bits per heavy atom. The number of unbranched alkanes of at least 4 members (excludes halogenated alkanes) is 1. The van der Waals surface area contributed by atoms with Crippen molar-refractivity contribution in [3.05, 3.63) is 83.9 Å². The minimum absolute atomic E-state index is 0.275. The summed E-state index contributed by atoms with van der Waals surface area (Å²) in [5.41, 5.74) is 3.19. The summed E-state index contributed by atoms with van der Waals surface area (Å²) in [7, 11) is 0. The third kappa shape index (κ3) is 4.67. The Balaban J connectivity index is 1.55. The molecule has 0 spiro atoms. The van der Waals surface area contributed by atoms with E-state index in [1.807, 2.05) is 74.5 Å². The fourth-order valence-electron chi connectivity index (χ4n) is 4.92. The molecule has 2 fully saturated rings. The summed E-state index contributed by atoms with van der Waals surface area (Å²) in [5, 5.41) is 1.69. The Labute approximate surface area is 217 Å². The van der Waals surface area contributed by atoms with Crippen molar-refractivity contribution in [2.45, 2.75) is 45.8 Å². The molecule has 7 heteroatoms. The first-order valence-electron chi connectivity index (χ1n) is 12.9. The van der Waals surface area contributed by atoms with Crippen molar-refractivity contribution in [3.8, 4) is 11.5 Å². The Hall–Kier alpha value is -3.84. The Morgan fingerprint density at radius 3 is 2.30 bits per heavy atom. The summed E-state index contributed by atoms with van der Waals surface area (Å²) in [6.45, 7) is 7.08. The zero-order valence-corrected chi connectivity index (χ0v) is 21.4. The summed E-state index contributed by atoms with van der Waals surface area (Å²) in [4.78, 5) is 34.9. The van der Waals surface area contributed by atoms with Gasteiger partial charge < -0.3 is 9.47 Å². The molecule has 3 aromatic carbocycles. The van der Waals surface area contributed by atoms with Crippen molar-refractivity contribution in [3.63, 3.8) is 0 Å². The topological polar surface area (TPSA) is 68.3 Å². The molecule has 37 heavy (non-hydrogen) atoms. The normalized spacial score (nSPS) is 20.9. The van der Waals surface area contributed by atoms with Crippen molar-refractivity contribution in [2.75, 3.05) is 23.2 Å². The molecule has 0 N–H and O–H groups in total. The van der Waals surface area contributed by atoms with Crippen LogP contribution >= 0.6 is 0 Å². The minimum Gasteiger partial charge on any atom is -0.490 e. The van der Waals surface area contributed by atoms with Crippen molar-refractivity contribution in [1.82, 2.24) is 0 Å². The monoisotopic (exact) mass is 500 g/mol. The molecule has 0 aliphatic carbocycles. The molecule has 7 nitrogen and oxygen atoms in total. The lowest BCUT2D eigenvalue weighted by atomic mass is 9.90. The minimum atomic E-state index is -0.921. The van der Waals surface area contributed by atoms with Crippen LogP contribution in [0.25, 0.3) is 0 Å². The van der Waals surface area contributed by atoms with Crippen LogP contribution in [0.1, 0.15) is 43.9 Å². The Morgan fingerprint density at radius 1 is 0.838 bits per heavy atom. The second kappa shape index (κ2) is 10.6. The van der Waals surface area contributed by atoms with Crippen LogP contribution in [0.4, 0.5) is 11.4 Å². The lowest BCUT2D eigenvalue weighted by Gasteiger charge is -2.29. The van der Waals surface area contributed by atoms with Gasteiger partial charge in [0.2, 0.25) is 5.91 Å². The predicted molar refractivity (Wildman–Crippen MR) is 142 cm³/mol. The number of fused-ring (bicyclic) bond motifs is 1. The Bertz CT molecular complexity index is 1260. The number of hydrogen-bond acceptors (Lipinski definition) is 6. The lowest BCUT2D eigenvalue weighted by molar-refractivity contribution is -0.126. The second-order valence-electron chi connectivity index (χ2n) is 9.35. The first-order valence-corrected chi connectivity index (χ1v) is 12.9. The van der Waals surface area contributed by atoms with Gasteiger partial charge in [-0.05, 0) is 62.2 Å². The van der Waals surface area contributed by atoms with Gasteiger partial charge in [0.1, 0.15) is 5.92 Å². The van der Waals surface area contributed by atoms with Crippen LogP contribution in [0.2, 0.25) is 0 Å². The van der Waals surface area contributed by atoms with Gasteiger partial charge in [-0.2, -0.15) is 0 Å². The van der Waals surface area contributed by atoms with Crippen LogP contribution in [-0.2, 0) is 14.4 Å². The maximum atomic E-state index is 13.8. The highest BCUT2D eigenvalue weighted by Crippen LogP contribution is 2.48. The van der Waals surface area contributed by atoms with Crippen LogP contribution in [0.3, 0.4) is 0 Å². The van der Waals surface area contributed by atoms with E-state index in [2.05, 4.69) is 6.92 Å². The molecular formula is C30H32N2O5. The first-order chi connectivity index (χ1) is 18.0. The van der Waals surface area contributed by atoms with Crippen molar-refractivity contribution in [1.29, 1.82) is 0 Å². The maximum Gasteiger partial charge on any atom is 0.266 e. The number of benzene rings is 3. The van der Waals surface area contributed by atoms with Crippen LogP contribution in [0, 0.1) is 12.8 Å². The van der Waals surface area contributed by atoms with Gasteiger partial charge in [0.25, 0.3) is 5.91 Å². The summed E-state index contributed by atoms with van der Waals surface area (Å²) in [6.07, 6.45) is 1.06. The molecule has 2 amide bonds. The third-order valence-corrected chi connectivity index (χ3v) is 6.78. The van der Waals surface area contributed by atoms with Gasteiger partial charge in [0.15, 0.2) is 17.6 Å². The number of hydrogen-bond donors (Lipinski definition) is 0. The summed E-state index contributed by atoms with van der Waals surface area (Å²) in [5.74, 6) is -0.0682. The van der Waals surface area contributed by atoms with E-state index in [1.165, 1.54) is 4.90 Å². The van der Waals surface area contributed by atoms with Gasteiger partial charge in [-0.25, -0.2) is 9.96 Å². The van der Waals surface area contributed by atoms with E-state index >= 15 is 0 Å². The van der Waals surface area contributed by atoms with Crippen molar-refractivity contribution >= 4 is 23.2 Å². The van der Waals surface area contributed by atoms with E-state index in [9.17, 15) is 9.59 Å². The average Bonchev–Trinajstić information content (AvgIpc) is 3.42. The van der Waals surface area contributed by atoms with Gasteiger partial charge >= 0.3 is 0 Å².